The maximum absolute atomic E-state index is 7.51. The Balaban J connectivity index is 1.09. The molecule has 0 radical (unpaired) electrons. The molecular formula is C71H54BN3O3. The summed E-state index contributed by atoms with van der Waals surface area (Å²) in [5.41, 5.74) is 21.7. The number of furan rings is 2. The van der Waals surface area contributed by atoms with Crippen LogP contribution in [0.5, 0.6) is 11.5 Å². The number of ether oxygens (including phenoxy) is 1. The standard InChI is InChI=1S/C71H54BN3O3/c1-4-5-23-44-36-38-57(51(40-44)45-24-11-8-12-25-45)74-59-43-63-55(71(2,3)54-32-20-22-35-62(54)76-63)42-56(59)72-66-52(41-53-48-30-19-21-34-60(48)77-69(53)68(66)74)49-37-39-58(73(46-26-13-9-14-27-46)47-28-15-10-16-29-47)65-64-50-31-17-6-7-18-33-61(50)78-70(64)75(72)67(49)65/h8-15,18-22,24-28,30,32-43H,4-5,7,16,23,29,31H2,1-3H3/b33-18-. The third kappa shape index (κ3) is 6.47. The maximum atomic E-state index is 7.51. The van der Waals surface area contributed by atoms with E-state index in [1.165, 1.54) is 33.2 Å². The van der Waals surface area contributed by atoms with Crippen LogP contribution in [-0.2, 0) is 18.3 Å². The third-order valence-corrected chi connectivity index (χ3v) is 17.4. The Labute approximate surface area is 454 Å². The van der Waals surface area contributed by atoms with Crippen LogP contribution in [0.3, 0.4) is 0 Å². The molecule has 11 aromatic rings. The molecule has 2 aliphatic carbocycles. The molecule has 0 fully saturated rings. The van der Waals surface area contributed by atoms with E-state index in [9.17, 15) is 0 Å². The second-order valence-electron chi connectivity index (χ2n) is 22.1. The first-order valence-electron chi connectivity index (χ1n) is 27.8. The van der Waals surface area contributed by atoms with E-state index in [0.717, 1.165) is 150 Å². The van der Waals surface area contributed by atoms with Crippen LogP contribution in [0, 0.1) is 11.8 Å². The summed E-state index contributed by atoms with van der Waals surface area (Å²) in [5, 5.41) is 4.44. The Morgan fingerprint density at radius 3 is 2.40 bits per heavy atom. The van der Waals surface area contributed by atoms with Crippen molar-refractivity contribution in [1.82, 2.24) is 4.48 Å². The number of anilines is 5. The summed E-state index contributed by atoms with van der Waals surface area (Å²) >= 11 is 0. The largest absolute Gasteiger partial charge is 0.457 e. The van der Waals surface area contributed by atoms with Gasteiger partial charge in [0, 0.05) is 90.9 Å². The van der Waals surface area contributed by atoms with Crippen LogP contribution in [0.25, 0.3) is 72.3 Å². The number of allylic oxidation sites excluding steroid dienone is 5. The Morgan fingerprint density at radius 1 is 0.705 bits per heavy atom. The van der Waals surface area contributed by atoms with E-state index >= 15 is 0 Å². The van der Waals surface area contributed by atoms with Crippen LogP contribution >= 0.6 is 0 Å². The highest BCUT2D eigenvalue weighted by Crippen LogP contribution is 2.56. The number of unbranched alkanes of at least 4 members (excludes halogenated alkanes) is 1. The fourth-order valence-electron chi connectivity index (χ4n) is 13.7. The molecule has 374 valence electrons. The lowest BCUT2D eigenvalue weighted by Gasteiger charge is -2.43. The number of hydrogen-bond donors (Lipinski definition) is 0. The molecule has 0 unspecified atom stereocenters. The fourth-order valence-corrected chi connectivity index (χ4v) is 13.7. The van der Waals surface area contributed by atoms with Crippen molar-refractivity contribution in [2.75, 3.05) is 9.80 Å². The summed E-state index contributed by atoms with van der Waals surface area (Å²) in [5.74, 6) is 9.61. The van der Waals surface area contributed by atoms with Gasteiger partial charge in [-0.1, -0.05) is 160 Å². The molecule has 0 saturated heterocycles. The molecule has 0 saturated carbocycles. The van der Waals surface area contributed by atoms with Gasteiger partial charge in [0.1, 0.15) is 22.8 Å². The number of para-hydroxylation sites is 3. The highest BCUT2D eigenvalue weighted by atomic mass is 16.5. The van der Waals surface area contributed by atoms with Gasteiger partial charge in [0.15, 0.2) is 11.3 Å². The zero-order chi connectivity index (χ0) is 51.8. The van der Waals surface area contributed by atoms with Crippen LogP contribution < -0.4 is 25.5 Å². The van der Waals surface area contributed by atoms with Gasteiger partial charge in [-0.2, -0.15) is 0 Å². The molecule has 3 aliphatic heterocycles. The lowest BCUT2D eigenvalue weighted by molar-refractivity contribution is 0.418. The van der Waals surface area contributed by atoms with Crippen molar-refractivity contribution in [2.45, 2.75) is 71.1 Å². The third-order valence-electron chi connectivity index (χ3n) is 17.4. The molecular weight excluding hydrogens is 954 g/mol. The van der Waals surface area contributed by atoms with Crippen LogP contribution in [0.15, 0.2) is 197 Å². The molecule has 0 amide bonds. The van der Waals surface area contributed by atoms with Crippen LogP contribution in [-0.4, -0.2) is 11.3 Å². The molecule has 0 spiro atoms. The minimum atomic E-state index is -0.394. The van der Waals surface area contributed by atoms with E-state index in [1.807, 2.05) is 0 Å². The zero-order valence-electron chi connectivity index (χ0n) is 44.0. The van der Waals surface area contributed by atoms with E-state index in [0.29, 0.717) is 12.8 Å². The molecule has 5 aliphatic rings. The van der Waals surface area contributed by atoms with Gasteiger partial charge in [-0.05, 0) is 114 Å². The number of aromatic nitrogens is 1. The molecule has 16 rings (SSSR count). The van der Waals surface area contributed by atoms with Gasteiger partial charge in [0.2, 0.25) is 0 Å². The minimum Gasteiger partial charge on any atom is -0.457 e. The zero-order valence-corrected chi connectivity index (χ0v) is 44.0. The minimum absolute atomic E-state index is 0.363. The van der Waals surface area contributed by atoms with E-state index in [-0.39, 0.29) is 6.85 Å². The van der Waals surface area contributed by atoms with Crippen molar-refractivity contribution in [3.63, 3.8) is 0 Å². The van der Waals surface area contributed by atoms with Gasteiger partial charge in [0.05, 0.1) is 22.4 Å². The average molecular weight is 1010 g/mol. The van der Waals surface area contributed by atoms with Gasteiger partial charge in [-0.3, -0.25) is 0 Å². The predicted octanol–water partition coefficient (Wildman–Crippen LogP) is 17.5. The second kappa shape index (κ2) is 17.2. The lowest BCUT2D eigenvalue weighted by atomic mass is 9.44. The van der Waals surface area contributed by atoms with Gasteiger partial charge in [0.25, 0.3) is 0 Å². The van der Waals surface area contributed by atoms with Gasteiger partial charge in [-0.15, -0.1) is 0 Å². The quantitative estimate of drug-likeness (QED) is 0.112. The number of hydrogen-bond acceptors (Lipinski definition) is 5. The highest BCUT2D eigenvalue weighted by Gasteiger charge is 2.48. The van der Waals surface area contributed by atoms with Crippen molar-refractivity contribution in [2.24, 2.45) is 0 Å². The normalized spacial score (nSPS) is 15.6. The molecule has 0 bridgehead atoms. The molecule has 0 atom stereocenters. The molecule has 6 heterocycles. The topological polar surface area (TPSA) is 46.9 Å². The highest BCUT2D eigenvalue weighted by molar-refractivity contribution is 6.90. The summed E-state index contributed by atoms with van der Waals surface area (Å²) in [6.45, 7) is 6.61. The molecule has 7 heteroatoms. The van der Waals surface area contributed by atoms with Gasteiger partial charge >= 0.3 is 6.85 Å². The fraction of sp³-hybridized carbons (Fsp3) is 0.155. The summed E-state index contributed by atoms with van der Waals surface area (Å²) in [6, 6.07) is 58.1. The Hall–Kier alpha value is -9.12. The van der Waals surface area contributed by atoms with Crippen molar-refractivity contribution in [3.05, 3.63) is 216 Å². The average Bonchev–Trinajstić information content (AvgIpc) is 3.56. The first-order chi connectivity index (χ1) is 38.4. The number of aryl methyl sites for hydroxylation is 1. The van der Waals surface area contributed by atoms with E-state index in [2.05, 4.69) is 235 Å². The smallest absolute Gasteiger partial charge is 0.336 e. The van der Waals surface area contributed by atoms with Crippen molar-refractivity contribution in [3.8, 4) is 45.6 Å². The van der Waals surface area contributed by atoms with Crippen molar-refractivity contribution < 1.29 is 13.6 Å². The molecule has 0 N–H and O–H groups in total. The van der Waals surface area contributed by atoms with Gasteiger partial charge in [-0.25, -0.2) is 0 Å². The van der Waals surface area contributed by atoms with Crippen LogP contribution in [0.1, 0.15) is 80.9 Å². The van der Waals surface area contributed by atoms with E-state index in [1.54, 1.807) is 0 Å². The van der Waals surface area contributed by atoms with Crippen LogP contribution in [0.4, 0.5) is 28.4 Å². The van der Waals surface area contributed by atoms with Gasteiger partial charge < -0.3 is 27.8 Å². The SMILES string of the molecule is CCCCc1ccc(N2c3cc4c(cc3B3c5c(cc6c(oc7ccccc76)c52)-c2ccc(N(C5=CC=CCC5)c5ccccc5)c5c6c7c(oc6n3c25)/C=C\CC#CC7)C(C)(C)c2ccccc2O4)c(-c2ccccc2)c1. The number of nitrogens with zero attached hydrogens (tertiary/aromatic N) is 3. The van der Waals surface area contributed by atoms with Crippen molar-refractivity contribution >= 4 is 96.2 Å². The summed E-state index contributed by atoms with van der Waals surface area (Å²) in [7, 11) is 0. The molecule has 78 heavy (non-hydrogen) atoms. The number of benzene rings is 8. The molecule has 3 aromatic heterocycles. The van der Waals surface area contributed by atoms with Crippen molar-refractivity contribution in [1.29, 1.82) is 0 Å². The summed E-state index contributed by atoms with van der Waals surface area (Å²) < 4.78 is 24.6. The maximum Gasteiger partial charge on any atom is 0.336 e. The predicted molar refractivity (Wildman–Crippen MR) is 322 cm³/mol. The number of rotatable bonds is 8. The van der Waals surface area contributed by atoms with E-state index in [4.69, 9.17) is 13.6 Å². The first-order valence-corrected chi connectivity index (χ1v) is 27.8. The molecule has 8 aromatic carbocycles. The summed E-state index contributed by atoms with van der Waals surface area (Å²) in [4.78, 5) is 5.04. The monoisotopic (exact) mass is 1010 g/mol. The Bertz CT molecular complexity index is 4520. The molecule has 6 nitrogen and oxygen atoms in total. The summed E-state index contributed by atoms with van der Waals surface area (Å²) in [6.07, 6.45) is 17.5. The second-order valence-corrected chi connectivity index (χ2v) is 22.1. The number of fused-ring (bicyclic) bond motifs is 15. The Morgan fingerprint density at radius 2 is 1.54 bits per heavy atom. The Kier molecular flexibility index (Phi) is 9.95. The van der Waals surface area contributed by atoms with Crippen LogP contribution in [0.2, 0.25) is 0 Å². The first kappa shape index (κ1) is 45.1. The van der Waals surface area contributed by atoms with E-state index < -0.39 is 5.41 Å². The lowest BCUT2D eigenvalue weighted by Crippen LogP contribution is -2.57.